The summed E-state index contributed by atoms with van der Waals surface area (Å²) in [5, 5.41) is 5.31. The van der Waals surface area contributed by atoms with Crippen molar-refractivity contribution in [2.24, 2.45) is 17.8 Å². The highest BCUT2D eigenvalue weighted by Crippen LogP contribution is 2.41. The maximum absolute atomic E-state index is 3.68. The molecule has 3 heteroatoms. The van der Waals surface area contributed by atoms with Gasteiger partial charge >= 0.3 is 0 Å². The van der Waals surface area contributed by atoms with Gasteiger partial charge in [-0.2, -0.15) is 23.5 Å². The van der Waals surface area contributed by atoms with Crippen LogP contribution >= 0.6 is 23.5 Å². The van der Waals surface area contributed by atoms with Crippen molar-refractivity contribution in [3.05, 3.63) is 0 Å². The topological polar surface area (TPSA) is 12.0 Å². The molecule has 2 fully saturated rings. The van der Waals surface area contributed by atoms with E-state index in [9.17, 15) is 0 Å². The molecule has 106 valence electrons. The summed E-state index contributed by atoms with van der Waals surface area (Å²) in [7, 11) is 2.18. The van der Waals surface area contributed by atoms with Gasteiger partial charge in [0.15, 0.2) is 0 Å². The minimum Gasteiger partial charge on any atom is -0.316 e. The molecule has 0 amide bonds. The molecule has 1 saturated heterocycles. The zero-order valence-corrected chi connectivity index (χ0v) is 13.9. The van der Waals surface area contributed by atoms with Gasteiger partial charge in [-0.3, -0.25) is 0 Å². The van der Waals surface area contributed by atoms with Gasteiger partial charge in [-0.25, -0.2) is 0 Å². The van der Waals surface area contributed by atoms with Gasteiger partial charge in [0.2, 0.25) is 0 Å². The summed E-state index contributed by atoms with van der Waals surface area (Å²) in [5.41, 5.74) is 0. The second kappa shape index (κ2) is 6.90. The molecule has 1 aliphatic carbocycles. The van der Waals surface area contributed by atoms with Crippen LogP contribution in [0.1, 0.15) is 40.0 Å². The van der Waals surface area contributed by atoms with E-state index in [2.05, 4.69) is 56.7 Å². The normalized spacial score (nSPS) is 43.7. The van der Waals surface area contributed by atoms with Gasteiger partial charge in [0.1, 0.15) is 0 Å². The van der Waals surface area contributed by atoms with E-state index in [-0.39, 0.29) is 0 Å². The predicted octanol–water partition coefficient (Wildman–Crippen LogP) is 3.88. The maximum atomic E-state index is 3.68. The first kappa shape index (κ1) is 15.1. The summed E-state index contributed by atoms with van der Waals surface area (Å²) in [5.74, 6) is 5.43. The molecule has 5 atom stereocenters. The van der Waals surface area contributed by atoms with Crippen molar-refractivity contribution in [1.82, 2.24) is 5.32 Å². The highest BCUT2D eigenvalue weighted by molar-refractivity contribution is 8.07. The van der Waals surface area contributed by atoms with Gasteiger partial charge < -0.3 is 5.32 Å². The third-order valence-electron chi connectivity index (χ3n) is 4.65. The van der Waals surface area contributed by atoms with Crippen LogP contribution in [0.3, 0.4) is 0 Å². The van der Waals surface area contributed by atoms with E-state index >= 15 is 0 Å². The maximum Gasteiger partial charge on any atom is 0.0320 e. The Labute approximate surface area is 122 Å². The second-order valence-electron chi connectivity index (χ2n) is 6.40. The molecular weight excluding hydrogens is 258 g/mol. The van der Waals surface area contributed by atoms with Gasteiger partial charge in [0.25, 0.3) is 0 Å². The molecule has 1 heterocycles. The fourth-order valence-corrected chi connectivity index (χ4v) is 7.10. The zero-order valence-electron chi connectivity index (χ0n) is 12.3. The van der Waals surface area contributed by atoms with Crippen molar-refractivity contribution >= 4 is 23.5 Å². The molecule has 5 unspecified atom stereocenters. The Morgan fingerprint density at radius 3 is 2.11 bits per heavy atom. The molecule has 1 saturated carbocycles. The van der Waals surface area contributed by atoms with Crippen molar-refractivity contribution < 1.29 is 0 Å². The lowest BCUT2D eigenvalue weighted by molar-refractivity contribution is 0.178. The third-order valence-corrected chi connectivity index (χ3v) is 7.86. The molecule has 0 radical (unpaired) electrons. The summed E-state index contributed by atoms with van der Waals surface area (Å²) in [6.07, 6.45) is 4.31. The van der Waals surface area contributed by atoms with Gasteiger partial charge in [0.05, 0.1) is 0 Å². The van der Waals surface area contributed by atoms with Gasteiger partial charge in [-0.15, -0.1) is 0 Å². The van der Waals surface area contributed by atoms with E-state index in [0.717, 1.165) is 34.3 Å². The molecule has 0 aromatic rings. The highest BCUT2D eigenvalue weighted by Gasteiger charge is 2.37. The number of thioether (sulfide) groups is 2. The van der Waals surface area contributed by atoms with Crippen LogP contribution in [0.2, 0.25) is 0 Å². The van der Waals surface area contributed by atoms with Crippen molar-refractivity contribution in [2.45, 2.75) is 56.6 Å². The Bertz CT molecular complexity index is 249. The molecular formula is C15H29NS2. The smallest absolute Gasteiger partial charge is 0.0320 e. The predicted molar refractivity (Wildman–Crippen MR) is 86.7 cm³/mol. The Morgan fingerprint density at radius 1 is 0.944 bits per heavy atom. The van der Waals surface area contributed by atoms with E-state index in [1.807, 2.05) is 0 Å². The van der Waals surface area contributed by atoms with Crippen LogP contribution in [0.4, 0.5) is 0 Å². The van der Waals surface area contributed by atoms with E-state index in [1.54, 1.807) is 0 Å². The molecule has 18 heavy (non-hydrogen) atoms. The summed E-state index contributed by atoms with van der Waals surface area (Å²) in [6, 6.07) is 0.725. The first-order valence-corrected chi connectivity index (χ1v) is 9.62. The average molecular weight is 288 g/mol. The lowest BCUT2D eigenvalue weighted by Crippen LogP contribution is -2.49. The fraction of sp³-hybridized carbons (Fsp3) is 1.00. The largest absolute Gasteiger partial charge is 0.316 e. The minimum absolute atomic E-state index is 0.725. The lowest BCUT2D eigenvalue weighted by atomic mass is 9.73. The average Bonchev–Trinajstić information content (AvgIpc) is 2.31. The Morgan fingerprint density at radius 2 is 1.56 bits per heavy atom. The molecule has 0 bridgehead atoms. The Balaban J connectivity index is 2.02. The molecule has 1 aliphatic heterocycles. The quantitative estimate of drug-likeness (QED) is 0.846. The standard InChI is InChI=1S/C15H29NS2/c1-10-7-11(2)9-13(8-10)14(16-4)15-12(3)17-5-6-18-15/h10-16H,5-9H2,1-4H3. The van der Waals surface area contributed by atoms with Crippen molar-refractivity contribution in [3.8, 4) is 0 Å². The number of rotatable bonds is 3. The van der Waals surface area contributed by atoms with Crippen LogP contribution in [-0.4, -0.2) is 35.1 Å². The summed E-state index contributed by atoms with van der Waals surface area (Å²) in [6.45, 7) is 7.32. The van der Waals surface area contributed by atoms with Gasteiger partial charge in [-0.05, 0) is 44.1 Å². The third kappa shape index (κ3) is 3.61. The van der Waals surface area contributed by atoms with E-state index in [4.69, 9.17) is 0 Å². The van der Waals surface area contributed by atoms with Gasteiger partial charge in [0, 0.05) is 28.0 Å². The number of nitrogens with one attached hydrogen (secondary N) is 1. The van der Waals surface area contributed by atoms with Crippen molar-refractivity contribution in [3.63, 3.8) is 0 Å². The van der Waals surface area contributed by atoms with E-state index in [1.165, 1.54) is 30.8 Å². The summed E-state index contributed by atoms with van der Waals surface area (Å²) < 4.78 is 0. The second-order valence-corrected chi connectivity index (χ2v) is 9.17. The summed E-state index contributed by atoms with van der Waals surface area (Å²) in [4.78, 5) is 0. The first-order chi connectivity index (χ1) is 8.61. The Hall–Kier alpha value is 0.660. The van der Waals surface area contributed by atoms with Crippen LogP contribution in [0.5, 0.6) is 0 Å². The lowest BCUT2D eigenvalue weighted by Gasteiger charge is -2.42. The van der Waals surface area contributed by atoms with E-state index in [0.29, 0.717) is 0 Å². The van der Waals surface area contributed by atoms with E-state index < -0.39 is 0 Å². The first-order valence-electron chi connectivity index (χ1n) is 7.52. The molecule has 0 aromatic carbocycles. The molecule has 0 aromatic heterocycles. The molecule has 2 aliphatic rings. The molecule has 1 nitrogen and oxygen atoms in total. The van der Waals surface area contributed by atoms with Gasteiger partial charge in [-0.1, -0.05) is 20.8 Å². The highest BCUT2D eigenvalue weighted by atomic mass is 32.2. The molecule has 1 N–H and O–H groups in total. The Kier molecular flexibility index (Phi) is 5.77. The van der Waals surface area contributed by atoms with Crippen LogP contribution in [0, 0.1) is 17.8 Å². The number of hydrogen-bond donors (Lipinski definition) is 1. The minimum atomic E-state index is 0.725. The van der Waals surface area contributed by atoms with Crippen molar-refractivity contribution in [1.29, 1.82) is 0 Å². The van der Waals surface area contributed by atoms with Crippen LogP contribution in [0.25, 0.3) is 0 Å². The fourth-order valence-electron chi connectivity index (χ4n) is 4.01. The zero-order chi connectivity index (χ0) is 13.1. The monoisotopic (exact) mass is 287 g/mol. The SMILES string of the molecule is CNC(C1CC(C)CC(C)C1)C1SCCSC1C. The van der Waals surface area contributed by atoms with Crippen LogP contribution in [-0.2, 0) is 0 Å². The molecule has 2 rings (SSSR count). The summed E-state index contributed by atoms with van der Waals surface area (Å²) >= 11 is 4.39. The van der Waals surface area contributed by atoms with Crippen LogP contribution in [0.15, 0.2) is 0 Å². The van der Waals surface area contributed by atoms with Crippen LogP contribution < -0.4 is 5.32 Å². The van der Waals surface area contributed by atoms with Crippen molar-refractivity contribution in [2.75, 3.05) is 18.6 Å². The molecule has 0 spiro atoms. The number of hydrogen-bond acceptors (Lipinski definition) is 3.